The van der Waals surface area contributed by atoms with Crippen LogP contribution in [0.15, 0.2) is 18.2 Å². The molecule has 4 heteroatoms. The zero-order valence-electron chi connectivity index (χ0n) is 12.6. The average Bonchev–Trinajstić information content (AvgIpc) is 2.35. The summed E-state index contributed by atoms with van der Waals surface area (Å²) in [6, 6.07) is 6.04. The van der Waals surface area contributed by atoms with E-state index in [1.807, 2.05) is 27.7 Å². The molecule has 1 aromatic carbocycles. The quantitative estimate of drug-likeness (QED) is 0.858. The molecule has 0 aromatic heterocycles. The number of carbonyl (C=O) groups is 1. The van der Waals surface area contributed by atoms with E-state index in [4.69, 9.17) is 4.74 Å². The highest BCUT2D eigenvalue weighted by Gasteiger charge is 2.32. The molecular weight excluding hydrogens is 254 g/mol. The molecule has 1 amide bonds. The Hall–Kier alpha value is -1.55. The van der Waals surface area contributed by atoms with E-state index in [0.29, 0.717) is 13.0 Å². The molecule has 1 aliphatic rings. The highest BCUT2D eigenvalue weighted by atomic mass is 16.6. The molecule has 1 atom stereocenters. The average molecular weight is 277 g/mol. The molecule has 0 radical (unpaired) electrons. The molecule has 0 fully saturated rings. The van der Waals surface area contributed by atoms with Gasteiger partial charge >= 0.3 is 6.09 Å². The van der Waals surface area contributed by atoms with Gasteiger partial charge in [0.2, 0.25) is 0 Å². The summed E-state index contributed by atoms with van der Waals surface area (Å²) in [6.07, 6.45) is 0.314. The topological polar surface area (TPSA) is 49.8 Å². The number of ether oxygens (including phenoxy) is 1. The summed E-state index contributed by atoms with van der Waals surface area (Å²) in [5.74, 6) is 0. The van der Waals surface area contributed by atoms with Crippen LogP contribution in [0.1, 0.15) is 37.5 Å². The maximum Gasteiger partial charge on any atom is 0.410 e. The summed E-state index contributed by atoms with van der Waals surface area (Å²) in [5, 5.41) is 9.54. The number of carbonyl (C=O) groups excluding carboxylic acids is 1. The monoisotopic (exact) mass is 277 g/mol. The van der Waals surface area contributed by atoms with E-state index < -0.39 is 5.60 Å². The molecule has 2 rings (SSSR count). The van der Waals surface area contributed by atoms with Gasteiger partial charge in [0.15, 0.2) is 0 Å². The Morgan fingerprint density at radius 3 is 2.70 bits per heavy atom. The molecule has 0 bridgehead atoms. The molecule has 0 saturated carbocycles. The molecular formula is C16H23NO3. The molecule has 0 spiro atoms. The summed E-state index contributed by atoms with van der Waals surface area (Å²) >= 11 is 0. The number of fused-ring (bicyclic) bond motifs is 1. The Balaban J connectivity index is 2.23. The number of aliphatic hydroxyl groups excluding tert-OH is 1. The van der Waals surface area contributed by atoms with Crippen molar-refractivity contribution in [1.29, 1.82) is 0 Å². The Kier molecular flexibility index (Phi) is 4.04. The van der Waals surface area contributed by atoms with Gasteiger partial charge in [-0.15, -0.1) is 0 Å². The molecule has 0 saturated heterocycles. The summed E-state index contributed by atoms with van der Waals surface area (Å²) in [5.41, 5.74) is 3.00. The first-order valence-electron chi connectivity index (χ1n) is 6.99. The van der Waals surface area contributed by atoms with Crippen molar-refractivity contribution in [3.63, 3.8) is 0 Å². The fourth-order valence-electron chi connectivity index (χ4n) is 2.47. The van der Waals surface area contributed by atoms with E-state index in [1.54, 1.807) is 4.90 Å². The van der Waals surface area contributed by atoms with Gasteiger partial charge in [-0.2, -0.15) is 0 Å². The SMILES string of the molecule is Cc1ccc2c(c1)CN(C(=O)OC(C)(C)C)C(CO)C2. The zero-order valence-corrected chi connectivity index (χ0v) is 12.6. The van der Waals surface area contributed by atoms with Crippen LogP contribution in [0.3, 0.4) is 0 Å². The Bertz CT molecular complexity index is 505. The lowest BCUT2D eigenvalue weighted by atomic mass is 9.93. The highest BCUT2D eigenvalue weighted by molar-refractivity contribution is 5.69. The minimum absolute atomic E-state index is 0.0490. The second-order valence-corrected chi connectivity index (χ2v) is 6.42. The first-order chi connectivity index (χ1) is 9.30. The van der Waals surface area contributed by atoms with Gasteiger partial charge in [0.25, 0.3) is 0 Å². The molecule has 0 aliphatic carbocycles. The van der Waals surface area contributed by atoms with Crippen LogP contribution in [0.25, 0.3) is 0 Å². The standard InChI is InChI=1S/C16H23NO3/c1-11-5-6-12-8-14(10-18)17(9-13(12)7-11)15(19)20-16(2,3)4/h5-7,14,18H,8-10H2,1-4H3. The van der Waals surface area contributed by atoms with Crippen molar-refractivity contribution in [3.8, 4) is 0 Å². The number of hydrogen-bond donors (Lipinski definition) is 1. The molecule has 110 valence electrons. The second kappa shape index (κ2) is 5.44. The lowest BCUT2D eigenvalue weighted by molar-refractivity contribution is 0.00461. The molecule has 1 N–H and O–H groups in total. The molecule has 1 aromatic rings. The number of aliphatic hydroxyl groups is 1. The second-order valence-electron chi connectivity index (χ2n) is 6.42. The van der Waals surface area contributed by atoms with Crippen molar-refractivity contribution in [3.05, 3.63) is 34.9 Å². The van der Waals surface area contributed by atoms with Crippen LogP contribution in [0, 0.1) is 6.92 Å². The van der Waals surface area contributed by atoms with Crippen LogP contribution >= 0.6 is 0 Å². The Morgan fingerprint density at radius 1 is 1.40 bits per heavy atom. The maximum atomic E-state index is 12.3. The fourth-order valence-corrected chi connectivity index (χ4v) is 2.47. The molecule has 20 heavy (non-hydrogen) atoms. The number of benzene rings is 1. The predicted octanol–water partition coefficient (Wildman–Crippen LogP) is 2.65. The number of aryl methyl sites for hydroxylation is 1. The third kappa shape index (κ3) is 3.31. The fraction of sp³-hybridized carbons (Fsp3) is 0.562. The lowest BCUT2D eigenvalue weighted by Crippen LogP contribution is -2.48. The maximum absolute atomic E-state index is 12.3. The Morgan fingerprint density at radius 2 is 2.10 bits per heavy atom. The third-order valence-electron chi connectivity index (χ3n) is 3.44. The summed E-state index contributed by atoms with van der Waals surface area (Å²) in [4.78, 5) is 13.9. The van der Waals surface area contributed by atoms with Gasteiger partial charge in [-0.05, 0) is 45.2 Å². The predicted molar refractivity (Wildman–Crippen MR) is 77.5 cm³/mol. The first kappa shape index (κ1) is 14.9. The zero-order chi connectivity index (χ0) is 14.9. The number of nitrogens with zero attached hydrogens (tertiary/aromatic N) is 1. The number of rotatable bonds is 1. The van der Waals surface area contributed by atoms with Gasteiger partial charge in [-0.3, -0.25) is 4.90 Å². The Labute approximate surface area is 120 Å². The van der Waals surface area contributed by atoms with Crippen LogP contribution in [0.4, 0.5) is 4.79 Å². The van der Waals surface area contributed by atoms with Gasteiger partial charge in [-0.25, -0.2) is 4.79 Å². The van der Waals surface area contributed by atoms with Crippen molar-refractivity contribution in [2.45, 2.75) is 52.3 Å². The smallest absolute Gasteiger partial charge is 0.410 e. The van der Waals surface area contributed by atoms with Crippen molar-refractivity contribution in [1.82, 2.24) is 4.90 Å². The van der Waals surface area contributed by atoms with Crippen LogP contribution < -0.4 is 0 Å². The minimum atomic E-state index is -0.524. The molecule has 1 unspecified atom stereocenters. The highest BCUT2D eigenvalue weighted by Crippen LogP contribution is 2.26. The lowest BCUT2D eigenvalue weighted by Gasteiger charge is -2.37. The van der Waals surface area contributed by atoms with Gasteiger partial charge in [0.1, 0.15) is 5.60 Å². The van der Waals surface area contributed by atoms with E-state index >= 15 is 0 Å². The molecule has 1 heterocycles. The van der Waals surface area contributed by atoms with E-state index in [-0.39, 0.29) is 18.7 Å². The minimum Gasteiger partial charge on any atom is -0.444 e. The van der Waals surface area contributed by atoms with Crippen LogP contribution in [-0.4, -0.2) is 34.3 Å². The van der Waals surface area contributed by atoms with Crippen LogP contribution in [0.2, 0.25) is 0 Å². The van der Waals surface area contributed by atoms with Crippen LogP contribution in [-0.2, 0) is 17.7 Å². The first-order valence-corrected chi connectivity index (χ1v) is 6.99. The summed E-state index contributed by atoms with van der Waals surface area (Å²) < 4.78 is 5.43. The van der Waals surface area contributed by atoms with E-state index in [0.717, 1.165) is 5.56 Å². The van der Waals surface area contributed by atoms with Gasteiger partial charge in [0, 0.05) is 6.54 Å². The third-order valence-corrected chi connectivity index (χ3v) is 3.44. The molecule has 1 aliphatic heterocycles. The van der Waals surface area contributed by atoms with Crippen LogP contribution in [0.5, 0.6) is 0 Å². The normalized spacial score (nSPS) is 18.6. The summed E-state index contributed by atoms with van der Waals surface area (Å²) in [7, 11) is 0. The van der Waals surface area contributed by atoms with Gasteiger partial charge in [-0.1, -0.05) is 23.8 Å². The van der Waals surface area contributed by atoms with Gasteiger partial charge in [0.05, 0.1) is 12.6 Å². The van der Waals surface area contributed by atoms with Crippen molar-refractivity contribution in [2.24, 2.45) is 0 Å². The molecule has 4 nitrogen and oxygen atoms in total. The van der Waals surface area contributed by atoms with E-state index in [9.17, 15) is 9.90 Å². The number of amides is 1. The largest absolute Gasteiger partial charge is 0.444 e. The van der Waals surface area contributed by atoms with Crippen molar-refractivity contribution in [2.75, 3.05) is 6.61 Å². The van der Waals surface area contributed by atoms with E-state index in [2.05, 4.69) is 18.2 Å². The van der Waals surface area contributed by atoms with Crippen molar-refractivity contribution >= 4 is 6.09 Å². The number of hydrogen-bond acceptors (Lipinski definition) is 3. The van der Waals surface area contributed by atoms with Crippen molar-refractivity contribution < 1.29 is 14.6 Å². The van der Waals surface area contributed by atoms with Gasteiger partial charge < -0.3 is 9.84 Å². The van der Waals surface area contributed by atoms with E-state index in [1.165, 1.54) is 11.1 Å². The summed E-state index contributed by atoms with van der Waals surface area (Å²) in [6.45, 7) is 8.03.